The second-order valence-corrected chi connectivity index (χ2v) is 9.46. The molecular formula is C26H24FN5O. The van der Waals surface area contributed by atoms with Crippen LogP contribution < -0.4 is 5.32 Å². The van der Waals surface area contributed by atoms with E-state index in [9.17, 15) is 9.65 Å². The molecule has 1 aliphatic carbocycles. The number of rotatable bonds is 5. The van der Waals surface area contributed by atoms with E-state index in [-0.39, 0.29) is 11.9 Å². The minimum atomic E-state index is -0.331. The van der Waals surface area contributed by atoms with Gasteiger partial charge in [0.05, 0.1) is 11.3 Å². The van der Waals surface area contributed by atoms with Crippen LogP contribution in [-0.4, -0.2) is 34.2 Å². The second kappa shape index (κ2) is 7.82. The molecule has 0 radical (unpaired) electrons. The highest BCUT2D eigenvalue weighted by molar-refractivity contribution is 5.67. The number of aryl methyl sites for hydroxylation is 1. The Kier molecular flexibility index (Phi) is 4.77. The Labute approximate surface area is 191 Å². The first-order valence-electron chi connectivity index (χ1n) is 11.4. The Morgan fingerprint density at radius 2 is 1.94 bits per heavy atom. The molecular weight excluding hydrogens is 417 g/mol. The Morgan fingerprint density at radius 3 is 2.64 bits per heavy atom. The molecule has 0 spiro atoms. The van der Waals surface area contributed by atoms with Crippen molar-refractivity contribution >= 4 is 17.0 Å². The molecule has 1 N–H and O–H groups in total. The van der Waals surface area contributed by atoms with E-state index in [2.05, 4.69) is 38.6 Å². The quantitative estimate of drug-likeness (QED) is 0.471. The van der Waals surface area contributed by atoms with Crippen molar-refractivity contribution in [2.45, 2.75) is 32.4 Å². The molecule has 6 nitrogen and oxygen atoms in total. The number of hydrogen-bond donors (Lipinski definition) is 1. The van der Waals surface area contributed by atoms with Gasteiger partial charge in [0.2, 0.25) is 0 Å². The van der Waals surface area contributed by atoms with Crippen molar-refractivity contribution < 1.29 is 8.81 Å². The second-order valence-electron chi connectivity index (χ2n) is 9.46. The minimum absolute atomic E-state index is 0.281. The van der Waals surface area contributed by atoms with Crippen LogP contribution in [0.3, 0.4) is 0 Å². The maximum absolute atomic E-state index is 13.7. The van der Waals surface area contributed by atoms with Crippen LogP contribution in [0.25, 0.3) is 22.4 Å². The van der Waals surface area contributed by atoms with Crippen LogP contribution in [0.15, 0.2) is 46.9 Å². The van der Waals surface area contributed by atoms with Gasteiger partial charge in [0.1, 0.15) is 23.1 Å². The zero-order valence-electron chi connectivity index (χ0n) is 18.4. The largest absolute Gasteiger partial charge is 0.457 e. The number of furan rings is 2. The van der Waals surface area contributed by atoms with Crippen molar-refractivity contribution in [2.75, 3.05) is 18.4 Å². The van der Waals surface area contributed by atoms with Crippen LogP contribution in [0.5, 0.6) is 0 Å². The van der Waals surface area contributed by atoms with E-state index in [4.69, 9.17) is 4.42 Å². The van der Waals surface area contributed by atoms with Crippen molar-refractivity contribution in [2.24, 2.45) is 11.8 Å². The van der Waals surface area contributed by atoms with Crippen LogP contribution in [-0.2, 0) is 6.54 Å². The Hall–Kier alpha value is -3.50. The number of aromatic nitrogens is 2. The van der Waals surface area contributed by atoms with E-state index < -0.39 is 0 Å². The third-order valence-corrected chi connectivity index (χ3v) is 7.21. The van der Waals surface area contributed by atoms with Gasteiger partial charge in [0.15, 0.2) is 5.82 Å². The first-order chi connectivity index (χ1) is 16.1. The summed E-state index contributed by atoms with van der Waals surface area (Å²) >= 11 is 0. The molecule has 2 fully saturated rings. The summed E-state index contributed by atoms with van der Waals surface area (Å²) in [4.78, 5) is 2.53. The lowest BCUT2D eigenvalue weighted by atomic mass is 10.0. The molecule has 1 aliphatic heterocycles. The molecule has 2 aliphatic rings. The zero-order valence-corrected chi connectivity index (χ0v) is 18.4. The van der Waals surface area contributed by atoms with Crippen LogP contribution in [0, 0.1) is 35.9 Å². The van der Waals surface area contributed by atoms with Gasteiger partial charge < -0.3 is 9.73 Å². The molecule has 33 heavy (non-hydrogen) atoms. The number of halogens is 1. The number of fused-ring (bicyclic) bond motifs is 3. The fourth-order valence-electron chi connectivity index (χ4n) is 5.63. The lowest BCUT2D eigenvalue weighted by molar-refractivity contribution is 0.301. The van der Waals surface area contributed by atoms with Crippen LogP contribution in [0.2, 0.25) is 0 Å². The Balaban J connectivity index is 1.11. The molecule has 1 saturated heterocycles. The monoisotopic (exact) mass is 441 g/mol. The molecule has 6 rings (SSSR count). The molecule has 1 saturated carbocycles. The standard InChI is InChI=1S/C26H24FN5O/c1-15-2-3-20(27)10-23(15)24-9-16(11-28)26(31-30-24)29-21-6-17-12-32(13-18(17)7-21)14-19-8-22-4-5-25(19)33-22/h2-5,8-10,17-18,21H,6-7,12-14H2,1H3,(H,29,31)/t17-,18+,21+. The smallest absolute Gasteiger partial charge is 0.166 e. The van der Waals surface area contributed by atoms with Gasteiger partial charge in [0.25, 0.3) is 0 Å². The Bertz CT molecular complexity index is 1340. The lowest BCUT2D eigenvalue weighted by Crippen LogP contribution is -2.25. The highest BCUT2D eigenvalue weighted by Crippen LogP contribution is 2.40. The molecule has 1 aromatic carbocycles. The summed E-state index contributed by atoms with van der Waals surface area (Å²) < 4.78 is 19.4. The molecule has 2 bridgehead atoms. The van der Waals surface area contributed by atoms with Crippen molar-refractivity contribution in [3.8, 4) is 17.3 Å². The molecule has 166 valence electrons. The third kappa shape index (κ3) is 3.70. The summed E-state index contributed by atoms with van der Waals surface area (Å²) in [7, 11) is 0. The van der Waals surface area contributed by atoms with Gasteiger partial charge in [-0.25, -0.2) is 4.39 Å². The normalized spacial score (nSPS) is 22.6. The van der Waals surface area contributed by atoms with E-state index in [0.717, 1.165) is 49.2 Å². The fourth-order valence-corrected chi connectivity index (χ4v) is 5.63. The van der Waals surface area contributed by atoms with E-state index in [0.29, 0.717) is 34.5 Å². The highest BCUT2D eigenvalue weighted by atomic mass is 19.1. The van der Waals surface area contributed by atoms with Gasteiger partial charge in [0, 0.05) is 36.8 Å². The lowest BCUT2D eigenvalue weighted by Gasteiger charge is -2.20. The summed E-state index contributed by atoms with van der Waals surface area (Å²) in [6.45, 7) is 5.01. The predicted octanol–water partition coefficient (Wildman–Crippen LogP) is 4.97. The van der Waals surface area contributed by atoms with E-state index in [1.165, 1.54) is 17.7 Å². The topological polar surface area (TPSA) is 78.0 Å². The molecule has 7 heteroatoms. The summed E-state index contributed by atoms with van der Waals surface area (Å²) in [5, 5.41) is 21.8. The number of hydrogen-bond acceptors (Lipinski definition) is 6. The van der Waals surface area contributed by atoms with Gasteiger partial charge in [-0.1, -0.05) is 6.07 Å². The van der Waals surface area contributed by atoms with E-state index in [1.54, 1.807) is 12.1 Å². The molecule has 3 aromatic heterocycles. The average molecular weight is 442 g/mol. The van der Waals surface area contributed by atoms with Gasteiger partial charge in [-0.15, -0.1) is 10.2 Å². The third-order valence-electron chi connectivity index (χ3n) is 7.21. The SMILES string of the molecule is Cc1ccc(F)cc1-c1cc(C#N)c(N[C@H]2C[C@@H]3CN(Cc4cc5ccc4o5)C[C@@H]3C2)nn1. The van der Waals surface area contributed by atoms with Crippen LogP contribution >= 0.6 is 0 Å². The molecule has 0 amide bonds. The number of anilines is 1. The van der Waals surface area contributed by atoms with Crippen molar-refractivity contribution in [3.05, 3.63) is 65.0 Å². The Morgan fingerprint density at radius 1 is 1.12 bits per heavy atom. The number of nitriles is 1. The highest BCUT2D eigenvalue weighted by Gasteiger charge is 2.41. The van der Waals surface area contributed by atoms with Crippen molar-refractivity contribution in [1.82, 2.24) is 15.1 Å². The van der Waals surface area contributed by atoms with Crippen molar-refractivity contribution in [1.29, 1.82) is 5.26 Å². The van der Waals surface area contributed by atoms with Gasteiger partial charge in [-0.3, -0.25) is 4.90 Å². The summed E-state index contributed by atoms with van der Waals surface area (Å²) in [6.07, 6.45) is 2.11. The van der Waals surface area contributed by atoms with Gasteiger partial charge in [-0.05, 0) is 73.6 Å². The molecule has 3 atom stereocenters. The first kappa shape index (κ1) is 20.1. The average Bonchev–Trinajstić information content (AvgIpc) is 3.57. The fraction of sp³-hybridized carbons (Fsp3) is 0.346. The van der Waals surface area contributed by atoms with Crippen molar-refractivity contribution in [3.63, 3.8) is 0 Å². The number of likely N-dealkylation sites (tertiary alicyclic amines) is 1. The molecule has 4 heterocycles. The zero-order chi connectivity index (χ0) is 22.5. The summed E-state index contributed by atoms with van der Waals surface area (Å²) in [6, 6.07) is 15.0. The molecule has 4 aromatic rings. The predicted molar refractivity (Wildman–Crippen MR) is 123 cm³/mol. The summed E-state index contributed by atoms with van der Waals surface area (Å²) in [5.41, 5.74) is 5.74. The van der Waals surface area contributed by atoms with E-state index >= 15 is 0 Å². The van der Waals surface area contributed by atoms with Crippen LogP contribution in [0.1, 0.15) is 29.5 Å². The first-order valence-corrected chi connectivity index (χ1v) is 11.4. The molecule has 0 unspecified atom stereocenters. The number of benzene rings is 2. The maximum atomic E-state index is 13.7. The number of nitrogens with zero attached hydrogens (tertiary/aromatic N) is 4. The maximum Gasteiger partial charge on any atom is 0.166 e. The number of nitrogens with one attached hydrogen (secondary N) is 1. The van der Waals surface area contributed by atoms with Gasteiger partial charge >= 0.3 is 0 Å². The summed E-state index contributed by atoms with van der Waals surface area (Å²) in [5.74, 6) is 1.47. The van der Waals surface area contributed by atoms with Crippen LogP contribution in [0.4, 0.5) is 10.2 Å². The van der Waals surface area contributed by atoms with E-state index in [1.807, 2.05) is 13.0 Å². The van der Waals surface area contributed by atoms with Gasteiger partial charge in [-0.2, -0.15) is 5.26 Å². The minimum Gasteiger partial charge on any atom is -0.457 e.